The Hall–Kier alpha value is -0.650. The van der Waals surface area contributed by atoms with Gasteiger partial charge in [-0.2, -0.15) is 0 Å². The van der Waals surface area contributed by atoms with E-state index in [2.05, 4.69) is 0 Å². The minimum absolute atomic E-state index is 0.139. The second-order valence-electron chi connectivity index (χ2n) is 5.30. The molecule has 20 heavy (non-hydrogen) atoms. The molecule has 0 atom stereocenters. The summed E-state index contributed by atoms with van der Waals surface area (Å²) in [5, 5.41) is 0. The molecule has 0 bridgehead atoms. The first-order valence-corrected chi connectivity index (χ1v) is 7.39. The van der Waals surface area contributed by atoms with Crippen LogP contribution < -0.4 is 0 Å². The van der Waals surface area contributed by atoms with Gasteiger partial charge < -0.3 is 14.4 Å². The number of ether oxygens (including phenoxy) is 2. The van der Waals surface area contributed by atoms with Gasteiger partial charge in [0.05, 0.1) is 13.2 Å². The molecular weight excluding hydrogens is 256 g/mol. The molecule has 0 fully saturated rings. The van der Waals surface area contributed by atoms with Crippen LogP contribution in [0.1, 0.15) is 34.6 Å². The smallest absolute Gasteiger partial charge is 0.320 e. The molecule has 0 N–H and O–H groups in total. The Bertz CT molecular complexity index is 243. The van der Waals surface area contributed by atoms with E-state index in [0.717, 1.165) is 6.54 Å². The van der Waals surface area contributed by atoms with Crippen LogP contribution >= 0.6 is 0 Å². The van der Waals surface area contributed by atoms with Crippen molar-refractivity contribution in [1.82, 2.24) is 9.80 Å². The molecule has 0 heterocycles. The Kier molecular flexibility index (Phi) is 13.1. The molecule has 0 aliphatic rings. The summed E-state index contributed by atoms with van der Waals surface area (Å²) in [6.45, 7) is 12.8. The molecule has 0 rings (SSSR count). The zero-order valence-corrected chi connectivity index (χ0v) is 14.7. The van der Waals surface area contributed by atoms with Gasteiger partial charge in [-0.1, -0.05) is 13.8 Å². The number of carbonyl (C=O) groups excluding carboxylic acids is 1. The van der Waals surface area contributed by atoms with Crippen molar-refractivity contribution in [2.75, 3.05) is 54.1 Å². The Morgan fingerprint density at radius 2 is 1.70 bits per heavy atom. The molecule has 0 amide bonds. The highest BCUT2D eigenvalue weighted by atomic mass is 16.5. The Morgan fingerprint density at radius 3 is 2.15 bits per heavy atom. The van der Waals surface area contributed by atoms with Crippen molar-refractivity contribution < 1.29 is 14.3 Å². The summed E-state index contributed by atoms with van der Waals surface area (Å²) in [7, 11) is 5.83. The monoisotopic (exact) mass is 290 g/mol. The maximum Gasteiger partial charge on any atom is 0.320 e. The van der Waals surface area contributed by atoms with E-state index in [4.69, 9.17) is 9.47 Å². The van der Waals surface area contributed by atoms with E-state index in [0.29, 0.717) is 26.4 Å². The summed E-state index contributed by atoms with van der Waals surface area (Å²) in [6.07, 6.45) is 0. The third kappa shape index (κ3) is 11.2. The molecule has 0 saturated carbocycles. The van der Waals surface area contributed by atoms with Crippen LogP contribution in [0.25, 0.3) is 0 Å². The molecule has 0 aliphatic carbocycles. The van der Waals surface area contributed by atoms with Crippen molar-refractivity contribution >= 4 is 5.97 Å². The van der Waals surface area contributed by atoms with E-state index in [-0.39, 0.29) is 11.5 Å². The molecule has 5 heteroatoms. The van der Waals surface area contributed by atoms with Gasteiger partial charge in [0.25, 0.3) is 0 Å². The van der Waals surface area contributed by atoms with Crippen LogP contribution in [0.5, 0.6) is 0 Å². The molecule has 0 aromatic carbocycles. The molecule has 0 radical (unpaired) electrons. The summed E-state index contributed by atoms with van der Waals surface area (Å²) < 4.78 is 10.5. The molecule has 0 saturated heterocycles. The molecule has 0 unspecified atom stereocenters. The van der Waals surface area contributed by atoms with Crippen LogP contribution in [-0.4, -0.2) is 75.4 Å². The Morgan fingerprint density at radius 1 is 1.15 bits per heavy atom. The highest BCUT2D eigenvalue weighted by Gasteiger charge is 2.22. The van der Waals surface area contributed by atoms with Crippen LogP contribution in [-0.2, 0) is 14.3 Å². The zero-order valence-electron chi connectivity index (χ0n) is 14.7. The summed E-state index contributed by atoms with van der Waals surface area (Å²) in [5.74, 6) is -0.191. The maximum absolute atomic E-state index is 11.6. The number of esters is 1. The fraction of sp³-hybridized carbons (Fsp3) is 0.933. The van der Waals surface area contributed by atoms with Crippen LogP contribution in [0.15, 0.2) is 0 Å². The Labute approximate surface area is 125 Å². The lowest BCUT2D eigenvalue weighted by Gasteiger charge is -2.31. The van der Waals surface area contributed by atoms with Gasteiger partial charge >= 0.3 is 5.97 Å². The first kappa shape index (κ1) is 21.6. The van der Waals surface area contributed by atoms with Gasteiger partial charge in [-0.15, -0.1) is 0 Å². The van der Waals surface area contributed by atoms with E-state index in [1.54, 1.807) is 0 Å². The average Bonchev–Trinajstić information content (AvgIpc) is 2.39. The lowest BCUT2D eigenvalue weighted by atomic mass is 10.1. The SMILES string of the molecule is CC.CCOCCN(C)CC(=O)OCC(C)(C)N(C)C. The fourth-order valence-electron chi connectivity index (χ4n) is 1.10. The van der Waals surface area contributed by atoms with Gasteiger partial charge in [-0.05, 0) is 41.9 Å². The summed E-state index contributed by atoms with van der Waals surface area (Å²) in [5.41, 5.74) is -0.139. The van der Waals surface area contributed by atoms with Crippen molar-refractivity contribution in [3.63, 3.8) is 0 Å². The maximum atomic E-state index is 11.6. The topological polar surface area (TPSA) is 42.0 Å². The van der Waals surface area contributed by atoms with Crippen molar-refractivity contribution in [1.29, 1.82) is 0 Å². The van der Waals surface area contributed by atoms with Crippen LogP contribution in [0, 0.1) is 0 Å². The van der Waals surface area contributed by atoms with E-state index in [1.807, 2.05) is 65.6 Å². The van der Waals surface area contributed by atoms with Crippen LogP contribution in [0.3, 0.4) is 0 Å². The molecular formula is C15H34N2O3. The lowest BCUT2D eigenvalue weighted by molar-refractivity contribution is -0.148. The minimum atomic E-state index is -0.191. The van der Waals surface area contributed by atoms with Gasteiger partial charge in [0.1, 0.15) is 6.61 Å². The molecule has 5 nitrogen and oxygen atoms in total. The summed E-state index contributed by atoms with van der Waals surface area (Å²) in [4.78, 5) is 15.6. The predicted molar refractivity (Wildman–Crippen MR) is 84.1 cm³/mol. The number of likely N-dealkylation sites (N-methyl/N-ethyl adjacent to an activating group) is 2. The molecule has 0 spiro atoms. The first-order valence-electron chi connectivity index (χ1n) is 7.39. The first-order chi connectivity index (χ1) is 9.29. The van der Waals surface area contributed by atoms with Crippen molar-refractivity contribution in [2.24, 2.45) is 0 Å². The van der Waals surface area contributed by atoms with Crippen molar-refractivity contribution in [3.05, 3.63) is 0 Å². The van der Waals surface area contributed by atoms with Crippen LogP contribution in [0.4, 0.5) is 0 Å². The predicted octanol–water partition coefficient (Wildman–Crippen LogP) is 1.86. The summed E-state index contributed by atoms with van der Waals surface area (Å²) in [6, 6.07) is 0. The number of hydrogen-bond acceptors (Lipinski definition) is 5. The van der Waals surface area contributed by atoms with Crippen molar-refractivity contribution in [3.8, 4) is 0 Å². The van der Waals surface area contributed by atoms with Gasteiger partial charge in [-0.25, -0.2) is 0 Å². The second-order valence-corrected chi connectivity index (χ2v) is 5.30. The minimum Gasteiger partial charge on any atom is -0.463 e. The molecule has 0 aromatic heterocycles. The lowest BCUT2D eigenvalue weighted by Crippen LogP contribution is -2.43. The second kappa shape index (κ2) is 12.1. The van der Waals surface area contributed by atoms with E-state index >= 15 is 0 Å². The Balaban J connectivity index is 0. The normalized spacial score (nSPS) is 11.3. The van der Waals surface area contributed by atoms with E-state index in [1.165, 1.54) is 0 Å². The van der Waals surface area contributed by atoms with Crippen LogP contribution in [0.2, 0.25) is 0 Å². The van der Waals surface area contributed by atoms with E-state index < -0.39 is 0 Å². The number of rotatable bonds is 9. The van der Waals surface area contributed by atoms with Gasteiger partial charge in [0, 0.05) is 18.7 Å². The zero-order chi connectivity index (χ0) is 16.2. The number of hydrogen-bond donors (Lipinski definition) is 0. The quantitative estimate of drug-likeness (QED) is 0.479. The van der Waals surface area contributed by atoms with Gasteiger partial charge in [0.2, 0.25) is 0 Å². The highest BCUT2D eigenvalue weighted by molar-refractivity contribution is 5.71. The molecule has 0 aromatic rings. The molecule has 122 valence electrons. The van der Waals surface area contributed by atoms with Gasteiger partial charge in [-0.3, -0.25) is 9.69 Å². The van der Waals surface area contributed by atoms with E-state index in [9.17, 15) is 4.79 Å². The standard InChI is InChI=1S/C13H28N2O3.C2H6/c1-7-17-9-8-15(6)10-12(16)18-11-13(2,3)14(4)5;1-2/h7-11H2,1-6H3;1-2H3. The largest absolute Gasteiger partial charge is 0.463 e. The van der Waals surface area contributed by atoms with Gasteiger partial charge in [0.15, 0.2) is 0 Å². The molecule has 0 aliphatic heterocycles. The number of nitrogens with zero attached hydrogens (tertiary/aromatic N) is 2. The third-order valence-electron chi connectivity index (χ3n) is 3.02. The fourth-order valence-corrected chi connectivity index (χ4v) is 1.10. The average molecular weight is 290 g/mol. The van der Waals surface area contributed by atoms with Crippen molar-refractivity contribution in [2.45, 2.75) is 40.2 Å². The summed E-state index contributed by atoms with van der Waals surface area (Å²) >= 11 is 0. The number of carbonyl (C=O) groups is 1. The third-order valence-corrected chi connectivity index (χ3v) is 3.02. The highest BCUT2D eigenvalue weighted by Crippen LogP contribution is 2.10.